The topological polar surface area (TPSA) is 42.9 Å². The molecule has 0 unspecified atom stereocenters. The summed E-state index contributed by atoms with van der Waals surface area (Å²) in [7, 11) is 0. The van der Waals surface area contributed by atoms with Crippen molar-refractivity contribution >= 4 is 16.8 Å². The van der Waals surface area contributed by atoms with Crippen LogP contribution in [0.25, 0.3) is 11.0 Å². The summed E-state index contributed by atoms with van der Waals surface area (Å²) in [5.74, 6) is -2.08. The maximum atomic E-state index is 13.2. The second kappa shape index (κ2) is 4.77. The Bertz CT molecular complexity index is 792. The van der Waals surface area contributed by atoms with Gasteiger partial charge in [-0.05, 0) is 24.3 Å². The Hall–Kier alpha value is -2.69. The standard InChI is InChI=1S/C15H8F2N2O/c16-10-6-9(7-11(17)8-10)15(20)12-2-1-3-13-14(12)19-5-4-18-13/h1-8H. The van der Waals surface area contributed by atoms with Crippen LogP contribution >= 0.6 is 0 Å². The number of hydrogen-bond donors (Lipinski definition) is 0. The van der Waals surface area contributed by atoms with Gasteiger partial charge >= 0.3 is 0 Å². The van der Waals surface area contributed by atoms with Gasteiger partial charge in [-0.2, -0.15) is 0 Å². The Morgan fingerprint density at radius 3 is 2.40 bits per heavy atom. The minimum absolute atomic E-state index is 0.0550. The predicted molar refractivity (Wildman–Crippen MR) is 69.3 cm³/mol. The number of fused-ring (bicyclic) bond motifs is 1. The van der Waals surface area contributed by atoms with Crippen LogP contribution in [-0.2, 0) is 0 Å². The van der Waals surface area contributed by atoms with Crippen LogP contribution in [0.5, 0.6) is 0 Å². The van der Waals surface area contributed by atoms with E-state index in [1.54, 1.807) is 18.2 Å². The van der Waals surface area contributed by atoms with E-state index in [0.29, 0.717) is 11.0 Å². The van der Waals surface area contributed by atoms with Crippen LogP contribution in [0.3, 0.4) is 0 Å². The monoisotopic (exact) mass is 270 g/mol. The van der Waals surface area contributed by atoms with Crippen molar-refractivity contribution < 1.29 is 13.6 Å². The Labute approximate surface area is 112 Å². The fourth-order valence-corrected chi connectivity index (χ4v) is 2.02. The zero-order valence-corrected chi connectivity index (χ0v) is 10.2. The summed E-state index contributed by atoms with van der Waals surface area (Å²) in [6.45, 7) is 0. The average Bonchev–Trinajstić information content (AvgIpc) is 2.45. The molecule has 1 heterocycles. The number of carbonyl (C=O) groups excluding carboxylic acids is 1. The summed E-state index contributed by atoms with van der Waals surface area (Å²) in [6, 6.07) is 7.65. The first kappa shape index (κ1) is 12.3. The van der Waals surface area contributed by atoms with E-state index in [-0.39, 0.29) is 11.1 Å². The Morgan fingerprint density at radius 2 is 1.65 bits per heavy atom. The Kier molecular flexibility index (Phi) is 2.95. The van der Waals surface area contributed by atoms with Crippen molar-refractivity contribution in [2.45, 2.75) is 0 Å². The first-order chi connectivity index (χ1) is 9.65. The second-order valence-corrected chi connectivity index (χ2v) is 4.22. The van der Waals surface area contributed by atoms with E-state index < -0.39 is 17.4 Å². The van der Waals surface area contributed by atoms with Crippen molar-refractivity contribution in [3.63, 3.8) is 0 Å². The Morgan fingerprint density at radius 1 is 0.950 bits per heavy atom. The molecule has 5 heteroatoms. The number of ketones is 1. The summed E-state index contributed by atoms with van der Waals surface area (Å²) in [5.41, 5.74) is 1.17. The van der Waals surface area contributed by atoms with Crippen LogP contribution < -0.4 is 0 Å². The Balaban J connectivity index is 2.17. The van der Waals surface area contributed by atoms with E-state index >= 15 is 0 Å². The molecule has 0 aliphatic rings. The molecule has 0 bridgehead atoms. The van der Waals surface area contributed by atoms with E-state index in [4.69, 9.17) is 0 Å². The molecule has 0 radical (unpaired) electrons. The van der Waals surface area contributed by atoms with Crippen molar-refractivity contribution in [1.29, 1.82) is 0 Å². The SMILES string of the molecule is O=C(c1cc(F)cc(F)c1)c1cccc2nccnc12. The molecular weight excluding hydrogens is 262 g/mol. The van der Waals surface area contributed by atoms with E-state index in [9.17, 15) is 13.6 Å². The predicted octanol–water partition coefficient (Wildman–Crippen LogP) is 3.14. The molecule has 0 atom stereocenters. The number of halogens is 2. The highest BCUT2D eigenvalue weighted by Crippen LogP contribution is 2.19. The minimum Gasteiger partial charge on any atom is -0.289 e. The van der Waals surface area contributed by atoms with Crippen molar-refractivity contribution in [1.82, 2.24) is 9.97 Å². The molecule has 3 rings (SSSR count). The average molecular weight is 270 g/mol. The van der Waals surface area contributed by atoms with Gasteiger partial charge < -0.3 is 0 Å². The van der Waals surface area contributed by atoms with Crippen LogP contribution in [0, 0.1) is 11.6 Å². The molecular formula is C15H8F2N2O. The molecule has 20 heavy (non-hydrogen) atoms. The van der Waals surface area contributed by atoms with Gasteiger partial charge in [-0.3, -0.25) is 14.8 Å². The molecule has 3 nitrogen and oxygen atoms in total. The third-order valence-electron chi connectivity index (χ3n) is 2.87. The fraction of sp³-hybridized carbons (Fsp3) is 0. The highest BCUT2D eigenvalue weighted by molar-refractivity contribution is 6.15. The molecule has 2 aromatic carbocycles. The van der Waals surface area contributed by atoms with Crippen molar-refractivity contribution in [3.8, 4) is 0 Å². The number of rotatable bonds is 2. The van der Waals surface area contributed by atoms with Crippen LogP contribution in [0.2, 0.25) is 0 Å². The molecule has 0 aliphatic heterocycles. The second-order valence-electron chi connectivity index (χ2n) is 4.22. The van der Waals surface area contributed by atoms with Gasteiger partial charge in [-0.25, -0.2) is 8.78 Å². The van der Waals surface area contributed by atoms with E-state index in [2.05, 4.69) is 9.97 Å². The van der Waals surface area contributed by atoms with E-state index in [1.165, 1.54) is 12.4 Å². The maximum absolute atomic E-state index is 13.2. The number of carbonyl (C=O) groups is 1. The summed E-state index contributed by atoms with van der Waals surface area (Å²) in [5, 5.41) is 0. The molecule has 1 aromatic heterocycles. The lowest BCUT2D eigenvalue weighted by atomic mass is 10.0. The van der Waals surface area contributed by atoms with Crippen LogP contribution in [0.1, 0.15) is 15.9 Å². The highest BCUT2D eigenvalue weighted by atomic mass is 19.1. The number of para-hydroxylation sites is 1. The highest BCUT2D eigenvalue weighted by Gasteiger charge is 2.15. The normalized spacial score (nSPS) is 10.7. The summed E-state index contributed by atoms with van der Waals surface area (Å²) in [6.07, 6.45) is 2.98. The van der Waals surface area contributed by atoms with E-state index in [0.717, 1.165) is 18.2 Å². The first-order valence-electron chi connectivity index (χ1n) is 5.86. The smallest absolute Gasteiger partial charge is 0.195 e. The number of hydrogen-bond acceptors (Lipinski definition) is 3. The maximum Gasteiger partial charge on any atom is 0.195 e. The number of aromatic nitrogens is 2. The van der Waals surface area contributed by atoms with Crippen LogP contribution in [0.4, 0.5) is 8.78 Å². The lowest BCUT2D eigenvalue weighted by Crippen LogP contribution is -2.04. The van der Waals surface area contributed by atoms with Crippen molar-refractivity contribution in [3.05, 3.63) is 71.6 Å². The molecule has 0 spiro atoms. The molecule has 0 saturated heterocycles. The number of nitrogens with zero attached hydrogens (tertiary/aromatic N) is 2. The quantitative estimate of drug-likeness (QED) is 0.672. The van der Waals surface area contributed by atoms with Gasteiger partial charge in [0.1, 0.15) is 11.6 Å². The zero-order chi connectivity index (χ0) is 14.1. The van der Waals surface area contributed by atoms with Gasteiger partial charge in [0.25, 0.3) is 0 Å². The lowest BCUT2D eigenvalue weighted by molar-refractivity contribution is 0.103. The van der Waals surface area contributed by atoms with Crippen molar-refractivity contribution in [2.75, 3.05) is 0 Å². The van der Waals surface area contributed by atoms with Gasteiger partial charge in [-0.15, -0.1) is 0 Å². The first-order valence-corrected chi connectivity index (χ1v) is 5.86. The van der Waals surface area contributed by atoms with Crippen LogP contribution in [0.15, 0.2) is 48.8 Å². The lowest BCUT2D eigenvalue weighted by Gasteiger charge is -2.05. The molecule has 0 saturated carbocycles. The number of benzene rings is 2. The van der Waals surface area contributed by atoms with E-state index in [1.807, 2.05) is 0 Å². The minimum atomic E-state index is -0.792. The molecule has 0 N–H and O–H groups in total. The molecule has 0 amide bonds. The largest absolute Gasteiger partial charge is 0.289 e. The van der Waals surface area contributed by atoms with Gasteiger partial charge in [-0.1, -0.05) is 6.07 Å². The zero-order valence-electron chi connectivity index (χ0n) is 10.2. The fourth-order valence-electron chi connectivity index (χ4n) is 2.02. The van der Waals surface area contributed by atoms with Crippen LogP contribution in [-0.4, -0.2) is 15.8 Å². The summed E-state index contributed by atoms with van der Waals surface area (Å²) >= 11 is 0. The molecule has 3 aromatic rings. The molecule has 98 valence electrons. The molecule has 0 fully saturated rings. The van der Waals surface area contributed by atoms with Gasteiger partial charge in [0.15, 0.2) is 5.78 Å². The van der Waals surface area contributed by atoms with Gasteiger partial charge in [0.05, 0.1) is 16.6 Å². The summed E-state index contributed by atoms with van der Waals surface area (Å²) in [4.78, 5) is 20.6. The summed E-state index contributed by atoms with van der Waals surface area (Å²) < 4.78 is 26.4. The van der Waals surface area contributed by atoms with Gasteiger partial charge in [0.2, 0.25) is 0 Å². The van der Waals surface area contributed by atoms with Crippen molar-refractivity contribution in [2.24, 2.45) is 0 Å². The van der Waals surface area contributed by atoms with Gasteiger partial charge in [0, 0.05) is 24.0 Å². The molecule has 0 aliphatic carbocycles. The third-order valence-corrected chi connectivity index (χ3v) is 2.87. The third kappa shape index (κ3) is 2.14.